The Morgan fingerprint density at radius 3 is 2.68 bits per heavy atom. The number of aromatic nitrogens is 1. The lowest BCUT2D eigenvalue weighted by atomic mass is 10.2. The molecule has 1 aromatic carbocycles. The molecular weight excluding hydrogens is 342 g/mol. The van der Waals surface area contributed by atoms with Gasteiger partial charge in [-0.3, -0.25) is 14.7 Å². The molecule has 0 spiro atoms. The smallest absolute Gasteiger partial charge is 0.238 e. The molecule has 0 atom stereocenters. The summed E-state index contributed by atoms with van der Waals surface area (Å²) in [5, 5.41) is 2.93. The fourth-order valence-corrected chi connectivity index (χ4v) is 2.36. The van der Waals surface area contributed by atoms with E-state index in [1.54, 1.807) is 12.4 Å². The highest BCUT2D eigenvalue weighted by molar-refractivity contribution is 9.10. The molecule has 22 heavy (non-hydrogen) atoms. The number of rotatable bonds is 6. The van der Waals surface area contributed by atoms with E-state index in [9.17, 15) is 4.79 Å². The Bertz CT molecular complexity index is 631. The van der Waals surface area contributed by atoms with Gasteiger partial charge in [0.15, 0.2) is 0 Å². The van der Waals surface area contributed by atoms with Gasteiger partial charge in [0.2, 0.25) is 5.91 Å². The van der Waals surface area contributed by atoms with Crippen molar-refractivity contribution in [3.05, 3.63) is 58.3 Å². The minimum absolute atomic E-state index is 0.000971. The van der Waals surface area contributed by atoms with Gasteiger partial charge in [-0.15, -0.1) is 0 Å². The van der Waals surface area contributed by atoms with Crippen molar-refractivity contribution in [1.29, 1.82) is 0 Å². The molecule has 2 aromatic rings. The van der Waals surface area contributed by atoms with Crippen LogP contribution in [0.25, 0.3) is 0 Å². The second kappa shape index (κ2) is 8.06. The van der Waals surface area contributed by atoms with Crippen LogP contribution >= 0.6 is 15.9 Å². The van der Waals surface area contributed by atoms with Crippen molar-refractivity contribution in [2.75, 3.05) is 25.5 Å². The van der Waals surface area contributed by atoms with Crippen LogP contribution < -0.4 is 5.32 Å². The minimum Gasteiger partial charge on any atom is -0.325 e. The fraction of sp³-hybridized carbons (Fsp3) is 0.294. The van der Waals surface area contributed by atoms with E-state index in [-0.39, 0.29) is 5.91 Å². The largest absolute Gasteiger partial charge is 0.325 e. The van der Waals surface area contributed by atoms with Crippen LogP contribution in [-0.4, -0.2) is 35.9 Å². The molecule has 0 fully saturated rings. The van der Waals surface area contributed by atoms with E-state index in [1.165, 1.54) is 5.56 Å². The van der Waals surface area contributed by atoms with Crippen LogP contribution in [0.15, 0.2) is 47.2 Å². The van der Waals surface area contributed by atoms with Crippen LogP contribution in [0.5, 0.6) is 0 Å². The van der Waals surface area contributed by atoms with E-state index < -0.39 is 0 Å². The number of pyridine rings is 1. The average Bonchev–Trinajstić information content (AvgIpc) is 2.50. The van der Waals surface area contributed by atoms with E-state index in [0.717, 1.165) is 28.7 Å². The van der Waals surface area contributed by atoms with Gasteiger partial charge in [-0.25, -0.2) is 0 Å². The number of aryl methyl sites for hydroxylation is 1. The zero-order chi connectivity index (χ0) is 15.9. The van der Waals surface area contributed by atoms with E-state index in [4.69, 9.17) is 0 Å². The summed E-state index contributed by atoms with van der Waals surface area (Å²) in [6, 6.07) is 9.79. The normalized spacial score (nSPS) is 10.7. The predicted octanol–water partition coefficient (Wildman–Crippen LogP) is 3.27. The van der Waals surface area contributed by atoms with Crippen LogP contribution in [-0.2, 0) is 11.2 Å². The summed E-state index contributed by atoms with van der Waals surface area (Å²) in [7, 11) is 1.95. The van der Waals surface area contributed by atoms with Crippen LogP contribution in [0.3, 0.4) is 0 Å². The molecule has 5 heteroatoms. The number of carbonyl (C=O) groups excluding carboxylic acids is 1. The van der Waals surface area contributed by atoms with Crippen molar-refractivity contribution in [1.82, 2.24) is 9.88 Å². The third-order valence-electron chi connectivity index (χ3n) is 3.39. The van der Waals surface area contributed by atoms with Gasteiger partial charge >= 0.3 is 0 Å². The lowest BCUT2D eigenvalue weighted by molar-refractivity contribution is -0.117. The topological polar surface area (TPSA) is 45.2 Å². The molecule has 0 aliphatic rings. The standard InChI is InChI=1S/C17H20BrN3O/c1-13-11-15(3-4-16(13)18)20-17(22)12-21(2)10-7-14-5-8-19-9-6-14/h3-6,8-9,11H,7,10,12H2,1-2H3,(H,20,22). The molecule has 1 N–H and O–H groups in total. The van der Waals surface area contributed by atoms with Gasteiger partial charge in [-0.05, 0) is 61.9 Å². The number of amides is 1. The Labute approximate surface area is 139 Å². The molecule has 0 saturated carbocycles. The van der Waals surface area contributed by atoms with Crippen LogP contribution in [0, 0.1) is 6.92 Å². The lowest BCUT2D eigenvalue weighted by Crippen LogP contribution is -2.31. The molecule has 0 aliphatic carbocycles. The molecule has 1 heterocycles. The molecule has 0 aliphatic heterocycles. The molecule has 116 valence electrons. The number of hydrogen-bond acceptors (Lipinski definition) is 3. The maximum atomic E-state index is 12.1. The molecule has 4 nitrogen and oxygen atoms in total. The number of halogens is 1. The monoisotopic (exact) mass is 361 g/mol. The van der Waals surface area contributed by atoms with Gasteiger partial charge < -0.3 is 5.32 Å². The molecule has 2 rings (SSSR count). The quantitative estimate of drug-likeness (QED) is 0.858. The van der Waals surface area contributed by atoms with Crippen LogP contribution in [0.2, 0.25) is 0 Å². The van der Waals surface area contributed by atoms with Crippen molar-refractivity contribution in [2.45, 2.75) is 13.3 Å². The van der Waals surface area contributed by atoms with Crippen molar-refractivity contribution in [2.24, 2.45) is 0 Å². The predicted molar refractivity (Wildman–Crippen MR) is 92.9 cm³/mol. The maximum Gasteiger partial charge on any atom is 0.238 e. The summed E-state index contributed by atoms with van der Waals surface area (Å²) in [5.41, 5.74) is 3.16. The molecule has 0 bridgehead atoms. The number of benzene rings is 1. The molecule has 0 saturated heterocycles. The second-order valence-corrected chi connectivity index (χ2v) is 6.21. The van der Waals surface area contributed by atoms with E-state index in [1.807, 2.05) is 49.2 Å². The highest BCUT2D eigenvalue weighted by Crippen LogP contribution is 2.19. The highest BCUT2D eigenvalue weighted by atomic mass is 79.9. The minimum atomic E-state index is -0.000971. The second-order valence-electron chi connectivity index (χ2n) is 5.36. The summed E-state index contributed by atoms with van der Waals surface area (Å²) in [5.74, 6) is -0.000971. The molecule has 1 aromatic heterocycles. The van der Waals surface area contributed by atoms with Crippen molar-refractivity contribution in [3.8, 4) is 0 Å². The van der Waals surface area contributed by atoms with Crippen molar-refractivity contribution in [3.63, 3.8) is 0 Å². The first-order valence-electron chi connectivity index (χ1n) is 7.18. The summed E-state index contributed by atoms with van der Waals surface area (Å²) in [4.78, 5) is 18.1. The van der Waals surface area contributed by atoms with Gasteiger partial charge in [-0.1, -0.05) is 15.9 Å². The van der Waals surface area contributed by atoms with Crippen LogP contribution in [0.4, 0.5) is 5.69 Å². The molecular formula is C17H20BrN3O. The summed E-state index contributed by atoms with van der Waals surface area (Å²) >= 11 is 3.45. The number of likely N-dealkylation sites (N-methyl/N-ethyl adjacent to an activating group) is 1. The Morgan fingerprint density at radius 1 is 1.27 bits per heavy atom. The first-order valence-corrected chi connectivity index (χ1v) is 7.97. The van der Waals surface area contributed by atoms with Gasteiger partial charge in [0.1, 0.15) is 0 Å². The number of anilines is 1. The van der Waals surface area contributed by atoms with Crippen molar-refractivity contribution < 1.29 is 4.79 Å². The van der Waals surface area contributed by atoms with E-state index in [2.05, 4.69) is 26.2 Å². The maximum absolute atomic E-state index is 12.1. The molecule has 0 unspecified atom stereocenters. The summed E-state index contributed by atoms with van der Waals surface area (Å²) in [6.45, 7) is 3.21. The van der Waals surface area contributed by atoms with Gasteiger partial charge in [0, 0.05) is 29.1 Å². The number of carbonyl (C=O) groups is 1. The van der Waals surface area contributed by atoms with Gasteiger partial charge in [-0.2, -0.15) is 0 Å². The van der Waals surface area contributed by atoms with E-state index >= 15 is 0 Å². The zero-order valence-electron chi connectivity index (χ0n) is 12.8. The lowest BCUT2D eigenvalue weighted by Gasteiger charge is -2.16. The number of nitrogens with zero attached hydrogens (tertiary/aromatic N) is 2. The third kappa shape index (κ3) is 5.24. The number of nitrogens with one attached hydrogen (secondary N) is 1. The molecule has 0 radical (unpaired) electrons. The van der Waals surface area contributed by atoms with Gasteiger partial charge in [0.05, 0.1) is 6.54 Å². The van der Waals surface area contributed by atoms with Crippen molar-refractivity contribution >= 4 is 27.5 Å². The Balaban J connectivity index is 1.79. The van der Waals surface area contributed by atoms with E-state index in [0.29, 0.717) is 6.54 Å². The fourth-order valence-electron chi connectivity index (χ4n) is 2.12. The summed E-state index contributed by atoms with van der Waals surface area (Å²) in [6.07, 6.45) is 4.49. The number of hydrogen-bond donors (Lipinski definition) is 1. The first kappa shape index (κ1) is 16.6. The Hall–Kier alpha value is -1.72. The SMILES string of the molecule is Cc1cc(NC(=O)CN(C)CCc2ccncc2)ccc1Br. The highest BCUT2D eigenvalue weighted by Gasteiger charge is 2.07. The Kier molecular flexibility index (Phi) is 6.10. The van der Waals surface area contributed by atoms with Gasteiger partial charge in [0.25, 0.3) is 0 Å². The Morgan fingerprint density at radius 2 is 2.00 bits per heavy atom. The molecule has 1 amide bonds. The summed E-state index contributed by atoms with van der Waals surface area (Å²) < 4.78 is 1.04. The van der Waals surface area contributed by atoms with Crippen LogP contribution in [0.1, 0.15) is 11.1 Å². The average molecular weight is 362 g/mol. The first-order chi connectivity index (χ1) is 10.5. The third-order valence-corrected chi connectivity index (χ3v) is 4.28. The zero-order valence-corrected chi connectivity index (χ0v) is 14.4.